The van der Waals surface area contributed by atoms with Gasteiger partial charge in [0.2, 0.25) is 0 Å². The Labute approximate surface area is 112 Å². The smallest absolute Gasteiger partial charge is 0.176 e. The minimum Gasteiger partial charge on any atom is -0.376 e. The fourth-order valence-electron chi connectivity index (χ4n) is 1.48. The van der Waals surface area contributed by atoms with Crippen LogP contribution in [0.15, 0.2) is 65.7 Å². The summed E-state index contributed by atoms with van der Waals surface area (Å²) in [7, 11) is 0. The summed E-state index contributed by atoms with van der Waals surface area (Å²) in [5.41, 5.74) is 7.45. The van der Waals surface area contributed by atoms with Gasteiger partial charge < -0.3 is 5.73 Å². The van der Waals surface area contributed by atoms with Gasteiger partial charge in [0.15, 0.2) is 5.11 Å². The summed E-state index contributed by atoms with van der Waals surface area (Å²) in [5, 5.41) is 0.265. The van der Waals surface area contributed by atoms with Crippen LogP contribution in [-0.2, 0) is 0 Å². The molecule has 2 aromatic rings. The zero-order valence-electron chi connectivity index (χ0n) is 9.73. The molecule has 90 valence electrons. The third-order valence-electron chi connectivity index (χ3n) is 2.35. The fraction of sp³-hybridized carbons (Fsp3) is 0. The number of thiocarbonyl (C=S) groups is 1. The van der Waals surface area contributed by atoms with Crippen molar-refractivity contribution in [3.05, 3.63) is 60.7 Å². The van der Waals surface area contributed by atoms with Crippen LogP contribution >= 0.6 is 12.2 Å². The first-order valence-electron chi connectivity index (χ1n) is 5.50. The maximum atomic E-state index is 5.70. The zero-order chi connectivity index (χ0) is 12.8. The molecule has 0 aliphatic carbocycles. The third kappa shape index (κ3) is 3.15. The Hall–Kier alpha value is -2.20. The molecule has 0 amide bonds. The molecule has 0 unspecified atom stereocenters. The maximum absolute atomic E-state index is 5.70. The van der Waals surface area contributed by atoms with Gasteiger partial charge in [-0.15, -0.1) is 0 Å². The molecule has 0 aliphatic heterocycles. The van der Waals surface area contributed by atoms with E-state index < -0.39 is 0 Å². The van der Waals surface area contributed by atoms with Crippen LogP contribution in [0.3, 0.4) is 0 Å². The Balaban J connectivity index is 2.23. The molecule has 0 fully saturated rings. The van der Waals surface area contributed by atoms with Crippen LogP contribution < -0.4 is 10.6 Å². The lowest BCUT2D eigenvalue weighted by molar-refractivity contribution is 1.41. The lowest BCUT2D eigenvalue weighted by atomic mass is 10.3. The molecule has 18 heavy (non-hydrogen) atoms. The van der Waals surface area contributed by atoms with Crippen molar-refractivity contribution < 1.29 is 0 Å². The lowest BCUT2D eigenvalue weighted by Gasteiger charge is -2.16. The van der Waals surface area contributed by atoms with Crippen molar-refractivity contribution >= 4 is 35.0 Å². The van der Waals surface area contributed by atoms with E-state index in [1.54, 1.807) is 11.2 Å². The molecule has 2 rings (SSSR count). The second-order valence-electron chi connectivity index (χ2n) is 3.62. The highest BCUT2D eigenvalue weighted by molar-refractivity contribution is 7.80. The molecule has 0 saturated heterocycles. The Morgan fingerprint density at radius 3 is 2.11 bits per heavy atom. The highest BCUT2D eigenvalue weighted by Gasteiger charge is 2.05. The summed E-state index contributed by atoms with van der Waals surface area (Å²) < 4.78 is 0. The average molecular weight is 255 g/mol. The van der Waals surface area contributed by atoms with E-state index in [4.69, 9.17) is 18.0 Å². The van der Waals surface area contributed by atoms with Crippen LogP contribution in [0.5, 0.6) is 0 Å². The maximum Gasteiger partial charge on any atom is 0.176 e. The Morgan fingerprint density at radius 1 is 1.00 bits per heavy atom. The molecule has 0 spiro atoms. The molecule has 0 aromatic heterocycles. The summed E-state index contributed by atoms with van der Waals surface area (Å²) in [5.74, 6) is 0. The molecule has 4 heteroatoms. The molecule has 2 N–H and O–H groups in total. The Morgan fingerprint density at radius 2 is 1.56 bits per heavy atom. The van der Waals surface area contributed by atoms with E-state index in [2.05, 4.69) is 4.99 Å². The largest absolute Gasteiger partial charge is 0.376 e. The fourth-order valence-corrected chi connectivity index (χ4v) is 1.63. The topological polar surface area (TPSA) is 41.6 Å². The molecule has 0 bridgehead atoms. The van der Waals surface area contributed by atoms with Crippen molar-refractivity contribution in [2.75, 3.05) is 4.90 Å². The van der Waals surface area contributed by atoms with Crippen molar-refractivity contribution in [3.8, 4) is 0 Å². The first kappa shape index (κ1) is 12.3. The van der Waals surface area contributed by atoms with Gasteiger partial charge in [-0.3, -0.25) is 4.90 Å². The first-order chi connectivity index (χ1) is 8.77. The van der Waals surface area contributed by atoms with Crippen molar-refractivity contribution in [2.45, 2.75) is 0 Å². The average Bonchev–Trinajstić information content (AvgIpc) is 2.41. The monoisotopic (exact) mass is 255 g/mol. The van der Waals surface area contributed by atoms with Gasteiger partial charge in [0.25, 0.3) is 0 Å². The van der Waals surface area contributed by atoms with Gasteiger partial charge >= 0.3 is 0 Å². The minimum atomic E-state index is 0.265. The molecular formula is C14H13N3S. The Bertz CT molecular complexity index is 537. The van der Waals surface area contributed by atoms with Crippen LogP contribution in [0, 0.1) is 0 Å². The normalized spacial score (nSPS) is 10.4. The van der Waals surface area contributed by atoms with Crippen LogP contribution in [0.1, 0.15) is 0 Å². The first-order valence-corrected chi connectivity index (χ1v) is 5.91. The van der Waals surface area contributed by atoms with E-state index >= 15 is 0 Å². The van der Waals surface area contributed by atoms with Crippen molar-refractivity contribution in [1.29, 1.82) is 0 Å². The summed E-state index contributed by atoms with van der Waals surface area (Å²) in [4.78, 5) is 6.01. The zero-order valence-corrected chi connectivity index (χ0v) is 10.5. The second-order valence-corrected chi connectivity index (χ2v) is 4.04. The van der Waals surface area contributed by atoms with Crippen LogP contribution in [0.25, 0.3) is 0 Å². The molecule has 0 aliphatic rings. The van der Waals surface area contributed by atoms with Gasteiger partial charge in [0, 0.05) is 5.69 Å². The summed E-state index contributed by atoms with van der Waals surface area (Å²) in [6.07, 6.45) is 1.63. The Kier molecular flexibility index (Phi) is 4.04. The lowest BCUT2D eigenvalue weighted by Crippen LogP contribution is -2.34. The number of para-hydroxylation sites is 2. The van der Waals surface area contributed by atoms with Gasteiger partial charge in [-0.2, -0.15) is 0 Å². The van der Waals surface area contributed by atoms with Crippen molar-refractivity contribution in [1.82, 2.24) is 0 Å². The third-order valence-corrected chi connectivity index (χ3v) is 2.55. The summed E-state index contributed by atoms with van der Waals surface area (Å²) in [6.45, 7) is 0. The van der Waals surface area contributed by atoms with E-state index in [1.165, 1.54) is 0 Å². The number of nitrogens with zero attached hydrogens (tertiary/aromatic N) is 2. The number of hydrogen-bond donors (Lipinski definition) is 1. The van der Waals surface area contributed by atoms with Crippen LogP contribution in [0.2, 0.25) is 0 Å². The molecule has 0 atom stereocenters. The molecular weight excluding hydrogens is 242 g/mol. The van der Waals surface area contributed by atoms with Gasteiger partial charge in [-0.05, 0) is 36.5 Å². The van der Waals surface area contributed by atoms with Crippen LogP contribution in [0.4, 0.5) is 11.4 Å². The molecule has 0 saturated carbocycles. The van der Waals surface area contributed by atoms with Crippen molar-refractivity contribution in [3.63, 3.8) is 0 Å². The number of rotatable bonds is 3. The summed E-state index contributed by atoms with van der Waals surface area (Å²) in [6, 6.07) is 19.3. The second kappa shape index (κ2) is 5.93. The molecule has 3 nitrogen and oxygen atoms in total. The number of hydrogen-bond acceptors (Lipinski definition) is 2. The van der Waals surface area contributed by atoms with Gasteiger partial charge in [-0.25, -0.2) is 4.99 Å². The SMILES string of the molecule is NC(=S)N(C=Nc1ccccc1)c1ccccc1. The van der Waals surface area contributed by atoms with Gasteiger partial charge in [0.05, 0.1) is 5.69 Å². The highest BCUT2D eigenvalue weighted by atomic mass is 32.1. The predicted octanol–water partition coefficient (Wildman–Crippen LogP) is 3.10. The number of benzene rings is 2. The van der Waals surface area contributed by atoms with E-state index in [9.17, 15) is 0 Å². The quantitative estimate of drug-likeness (QED) is 0.520. The van der Waals surface area contributed by atoms with Crippen LogP contribution in [-0.4, -0.2) is 11.5 Å². The number of nitrogens with two attached hydrogens (primary N) is 1. The standard InChI is InChI=1S/C14H13N3S/c15-14(18)17(13-9-5-2-6-10-13)11-16-12-7-3-1-4-8-12/h1-11H,(H2,15,18). The van der Waals surface area contributed by atoms with Gasteiger partial charge in [0.1, 0.15) is 6.34 Å². The molecule has 0 radical (unpaired) electrons. The highest BCUT2D eigenvalue weighted by Crippen LogP contribution is 2.13. The van der Waals surface area contributed by atoms with E-state index in [0.717, 1.165) is 11.4 Å². The molecule has 2 aromatic carbocycles. The van der Waals surface area contributed by atoms with Crippen molar-refractivity contribution in [2.24, 2.45) is 10.7 Å². The van der Waals surface area contributed by atoms with E-state index in [-0.39, 0.29) is 5.11 Å². The van der Waals surface area contributed by atoms with E-state index in [1.807, 2.05) is 60.7 Å². The van der Waals surface area contributed by atoms with Gasteiger partial charge in [-0.1, -0.05) is 36.4 Å². The molecule has 0 heterocycles. The minimum absolute atomic E-state index is 0.265. The predicted molar refractivity (Wildman–Crippen MR) is 80.3 cm³/mol. The summed E-state index contributed by atoms with van der Waals surface area (Å²) >= 11 is 5.03. The van der Waals surface area contributed by atoms with E-state index in [0.29, 0.717) is 0 Å². The number of aliphatic imine (C=N–C) groups is 1. The number of anilines is 1.